The molecule has 0 saturated carbocycles. The average Bonchev–Trinajstić information content (AvgIpc) is 3.63. The molecule has 0 aromatic heterocycles. The van der Waals surface area contributed by atoms with E-state index in [1.807, 2.05) is 13.8 Å². The van der Waals surface area contributed by atoms with Crippen LogP contribution in [0.2, 0.25) is 5.02 Å². The molecular weight excluding hydrogens is 662 g/mol. The minimum Gasteiger partial charge on any atom is -0.494 e. The normalized spacial score (nSPS) is 27.2. The van der Waals surface area contributed by atoms with Crippen molar-refractivity contribution in [2.24, 2.45) is 11.8 Å². The van der Waals surface area contributed by atoms with Crippen LogP contribution in [0, 0.1) is 11.8 Å². The van der Waals surface area contributed by atoms with Gasteiger partial charge in [-0.2, -0.15) is 0 Å². The van der Waals surface area contributed by atoms with Crippen molar-refractivity contribution in [2.45, 2.75) is 55.3 Å². The van der Waals surface area contributed by atoms with Gasteiger partial charge in [-0.15, -0.1) is 13.2 Å². The molecule has 3 heterocycles. The molecule has 0 aliphatic carbocycles. The molecule has 7 atom stereocenters. The summed E-state index contributed by atoms with van der Waals surface area (Å²) < 4.78 is 12.3. The number of carbonyl (C=O) groups excluding carboxylic acids is 3. The summed E-state index contributed by atoms with van der Waals surface area (Å²) in [6.45, 7) is 12.0. The molecule has 2 bridgehead atoms. The minimum atomic E-state index is -1.29. The molecule has 1 spiro atoms. The van der Waals surface area contributed by atoms with E-state index in [9.17, 15) is 19.5 Å². The molecule has 5 rings (SSSR count). The molecule has 3 aliphatic rings. The summed E-state index contributed by atoms with van der Waals surface area (Å²) in [4.78, 5) is 48.2. The number of ether oxygens (including phenoxy) is 2. The fraction of sp³-hybridized carbons (Fsp3) is 0.441. The molecule has 3 unspecified atom stereocenters. The predicted octanol–water partition coefficient (Wildman–Crippen LogP) is 5.00. The van der Waals surface area contributed by atoms with Crippen molar-refractivity contribution >= 4 is 56.6 Å². The number of carbonyl (C=O) groups is 3. The lowest BCUT2D eigenvalue weighted by Crippen LogP contribution is -2.59. The summed E-state index contributed by atoms with van der Waals surface area (Å²) in [5, 5.41) is 10.9. The maximum atomic E-state index is 14.7. The molecule has 9 nitrogen and oxygen atoms in total. The van der Waals surface area contributed by atoms with Gasteiger partial charge in [-0.25, -0.2) is 0 Å². The lowest BCUT2D eigenvalue weighted by molar-refractivity contribution is -0.144. The quantitative estimate of drug-likeness (QED) is 0.234. The van der Waals surface area contributed by atoms with Crippen molar-refractivity contribution in [3.8, 4) is 5.75 Å². The lowest BCUT2D eigenvalue weighted by atomic mass is 9.70. The standard InChI is InChI=1S/C34H39BrClN3O6/c1-5-17-37(24-13-15-25(16-14-24)44-8-4)31(41)27-28-32(42)39(22(7-3)20-40)30(34(28)19-26(35)29(27)45-34)33(43)38(18-6-2)23-11-9-21(36)10-12-23/h5-6,9-16,22,26-30,40H,1-2,7-8,17-20H2,3-4H3/t22-,26?,27+,28-,29+,30?,34?/m0/s1. The summed E-state index contributed by atoms with van der Waals surface area (Å²) in [5.41, 5.74) is -0.0831. The summed E-state index contributed by atoms with van der Waals surface area (Å²) in [5.74, 6) is -2.15. The van der Waals surface area contributed by atoms with Crippen LogP contribution in [0.4, 0.5) is 11.4 Å². The smallest absolute Gasteiger partial charge is 0.253 e. The van der Waals surface area contributed by atoms with E-state index in [0.29, 0.717) is 41.6 Å². The second-order valence-electron chi connectivity index (χ2n) is 11.5. The molecule has 3 fully saturated rings. The maximum absolute atomic E-state index is 14.7. The predicted molar refractivity (Wildman–Crippen MR) is 178 cm³/mol. The van der Waals surface area contributed by atoms with Crippen molar-refractivity contribution in [2.75, 3.05) is 36.1 Å². The molecule has 240 valence electrons. The second kappa shape index (κ2) is 13.7. The first-order valence-corrected chi connectivity index (χ1v) is 16.5. The van der Waals surface area contributed by atoms with E-state index in [4.69, 9.17) is 21.1 Å². The van der Waals surface area contributed by atoms with E-state index in [1.165, 1.54) is 4.90 Å². The van der Waals surface area contributed by atoms with Crippen LogP contribution in [-0.4, -0.2) is 82.6 Å². The molecule has 11 heteroatoms. The molecule has 3 saturated heterocycles. The van der Waals surface area contributed by atoms with Gasteiger partial charge in [-0.1, -0.05) is 46.6 Å². The topological polar surface area (TPSA) is 99.6 Å². The van der Waals surface area contributed by atoms with Crippen molar-refractivity contribution in [1.82, 2.24) is 4.90 Å². The number of rotatable bonds is 13. The van der Waals surface area contributed by atoms with E-state index in [1.54, 1.807) is 70.5 Å². The highest BCUT2D eigenvalue weighted by Gasteiger charge is 2.77. The first-order valence-electron chi connectivity index (χ1n) is 15.2. The van der Waals surface area contributed by atoms with Crippen LogP contribution in [0.3, 0.4) is 0 Å². The molecule has 1 N–H and O–H groups in total. The number of benzene rings is 2. The van der Waals surface area contributed by atoms with Gasteiger partial charge in [0.1, 0.15) is 17.4 Å². The zero-order valence-corrected chi connectivity index (χ0v) is 27.8. The van der Waals surface area contributed by atoms with Gasteiger partial charge < -0.3 is 29.3 Å². The lowest BCUT2D eigenvalue weighted by Gasteiger charge is -2.39. The van der Waals surface area contributed by atoms with Gasteiger partial charge in [0.25, 0.3) is 5.91 Å². The summed E-state index contributed by atoms with van der Waals surface area (Å²) in [6, 6.07) is 12.3. The van der Waals surface area contributed by atoms with Crippen molar-refractivity contribution in [1.29, 1.82) is 0 Å². The van der Waals surface area contributed by atoms with E-state index in [2.05, 4.69) is 29.1 Å². The Labute approximate surface area is 277 Å². The Balaban J connectivity index is 1.59. The molecule has 2 aromatic carbocycles. The van der Waals surface area contributed by atoms with Crippen LogP contribution in [0.15, 0.2) is 73.8 Å². The van der Waals surface area contributed by atoms with Crippen LogP contribution in [0.25, 0.3) is 0 Å². The van der Waals surface area contributed by atoms with Gasteiger partial charge in [-0.3, -0.25) is 14.4 Å². The zero-order chi connectivity index (χ0) is 32.5. The number of likely N-dealkylation sites (tertiary alicyclic amines) is 1. The number of anilines is 2. The Bertz CT molecular complexity index is 1430. The zero-order valence-electron chi connectivity index (χ0n) is 25.5. The van der Waals surface area contributed by atoms with Crippen LogP contribution < -0.4 is 14.5 Å². The van der Waals surface area contributed by atoms with Crippen molar-refractivity contribution < 1.29 is 29.0 Å². The fourth-order valence-electron chi connectivity index (χ4n) is 7.18. The third kappa shape index (κ3) is 5.71. The molecule has 3 aliphatic heterocycles. The number of halogens is 2. The van der Waals surface area contributed by atoms with Crippen LogP contribution in [0.1, 0.15) is 26.7 Å². The van der Waals surface area contributed by atoms with E-state index < -0.39 is 35.6 Å². The largest absolute Gasteiger partial charge is 0.494 e. The Hall–Kier alpha value is -3.18. The highest BCUT2D eigenvalue weighted by Crippen LogP contribution is 2.61. The SMILES string of the molecule is C=CCN(C(=O)C1N([C@@H](CC)CO)C(=O)[C@@H]2[C@@H](C(=O)N(CC=C)c3ccc(OCC)cc3)[C@@H]3OC12CC3Br)c1ccc(Cl)cc1. The highest BCUT2D eigenvalue weighted by molar-refractivity contribution is 9.09. The number of hydrogen-bond acceptors (Lipinski definition) is 6. The minimum absolute atomic E-state index is 0.171. The first-order chi connectivity index (χ1) is 21.7. The van der Waals surface area contributed by atoms with Gasteiger partial charge in [0, 0.05) is 34.3 Å². The number of amides is 3. The number of aliphatic hydroxyl groups excluding tert-OH is 1. The van der Waals surface area contributed by atoms with Crippen LogP contribution in [0.5, 0.6) is 5.75 Å². The molecule has 2 aromatic rings. The maximum Gasteiger partial charge on any atom is 0.253 e. The number of alkyl halides is 1. The monoisotopic (exact) mass is 699 g/mol. The number of fused-ring (bicyclic) bond motifs is 1. The van der Waals surface area contributed by atoms with Crippen LogP contribution >= 0.6 is 27.5 Å². The Morgan fingerprint density at radius 1 is 1.09 bits per heavy atom. The number of hydrogen-bond donors (Lipinski definition) is 1. The van der Waals surface area contributed by atoms with Gasteiger partial charge in [-0.05, 0) is 68.3 Å². The third-order valence-electron chi connectivity index (χ3n) is 9.07. The summed E-state index contributed by atoms with van der Waals surface area (Å²) >= 11 is 9.89. The molecule has 0 radical (unpaired) electrons. The number of nitrogens with zero attached hydrogens (tertiary/aromatic N) is 3. The average molecular weight is 701 g/mol. The Morgan fingerprint density at radius 3 is 2.20 bits per heavy atom. The van der Waals surface area contributed by atoms with Crippen molar-refractivity contribution in [3.63, 3.8) is 0 Å². The van der Waals surface area contributed by atoms with Crippen molar-refractivity contribution in [3.05, 3.63) is 78.9 Å². The van der Waals surface area contributed by atoms with Gasteiger partial charge in [0.05, 0.1) is 37.2 Å². The van der Waals surface area contributed by atoms with Gasteiger partial charge >= 0.3 is 0 Å². The molecule has 45 heavy (non-hydrogen) atoms. The number of aliphatic hydroxyl groups is 1. The highest BCUT2D eigenvalue weighted by atomic mass is 79.9. The van der Waals surface area contributed by atoms with E-state index in [-0.39, 0.29) is 42.2 Å². The van der Waals surface area contributed by atoms with E-state index in [0.717, 1.165) is 0 Å². The second-order valence-corrected chi connectivity index (χ2v) is 13.1. The fourth-order valence-corrected chi connectivity index (χ4v) is 8.25. The summed E-state index contributed by atoms with van der Waals surface area (Å²) in [7, 11) is 0. The Kier molecular flexibility index (Phi) is 10.1. The van der Waals surface area contributed by atoms with Gasteiger partial charge in [0.15, 0.2) is 0 Å². The molecular formula is C34H39BrClN3O6. The third-order valence-corrected chi connectivity index (χ3v) is 10.2. The molecule has 3 amide bonds. The van der Waals surface area contributed by atoms with Gasteiger partial charge in [0.2, 0.25) is 11.8 Å². The van der Waals surface area contributed by atoms with Crippen LogP contribution in [-0.2, 0) is 19.1 Å². The first kappa shape index (κ1) is 33.2. The van der Waals surface area contributed by atoms with E-state index >= 15 is 0 Å². The summed E-state index contributed by atoms with van der Waals surface area (Å²) in [6.07, 6.45) is 3.36. The Morgan fingerprint density at radius 2 is 1.67 bits per heavy atom.